The van der Waals surface area contributed by atoms with Gasteiger partial charge in [0.2, 0.25) is 5.88 Å². The topological polar surface area (TPSA) is 73.1 Å². The third-order valence-corrected chi connectivity index (χ3v) is 3.12. The van der Waals surface area contributed by atoms with E-state index in [-0.39, 0.29) is 5.82 Å². The maximum atomic E-state index is 13.9. The zero-order valence-electron chi connectivity index (χ0n) is 12.2. The van der Waals surface area contributed by atoms with E-state index in [2.05, 4.69) is 15.3 Å². The molecule has 112 valence electrons. The normalized spacial score (nSPS) is 10.5. The van der Waals surface area contributed by atoms with Gasteiger partial charge in [0.15, 0.2) is 0 Å². The first-order valence-corrected chi connectivity index (χ1v) is 6.81. The smallest absolute Gasteiger partial charge is 0.221 e. The van der Waals surface area contributed by atoms with Crippen LogP contribution in [0.5, 0.6) is 5.88 Å². The Hall–Kier alpha value is -2.21. The largest absolute Gasteiger partial charge is 0.478 e. The molecule has 0 saturated heterocycles. The van der Waals surface area contributed by atoms with Crippen LogP contribution in [-0.4, -0.2) is 16.6 Å². The van der Waals surface area contributed by atoms with Crippen molar-refractivity contribution in [3.63, 3.8) is 0 Å². The summed E-state index contributed by atoms with van der Waals surface area (Å²) < 4.78 is 19.3. The zero-order chi connectivity index (χ0) is 15.2. The molecule has 2 aromatic rings. The van der Waals surface area contributed by atoms with Gasteiger partial charge in [-0.15, -0.1) is 0 Å². The van der Waals surface area contributed by atoms with Gasteiger partial charge in [0, 0.05) is 18.7 Å². The van der Waals surface area contributed by atoms with E-state index >= 15 is 0 Å². The third-order valence-electron chi connectivity index (χ3n) is 3.12. The molecular weight excluding hydrogens is 271 g/mol. The maximum absolute atomic E-state index is 13.9. The highest BCUT2D eigenvalue weighted by molar-refractivity contribution is 5.48. The Morgan fingerprint density at radius 1 is 1.33 bits per heavy atom. The number of nitrogens with zero attached hydrogens (tertiary/aromatic N) is 2. The number of rotatable bonds is 6. The molecule has 0 fully saturated rings. The SMILES string of the molecule is CCOc1ncnc(NCc2ccc(CN)cc2F)c1C. The molecule has 21 heavy (non-hydrogen) atoms. The maximum Gasteiger partial charge on any atom is 0.221 e. The average molecular weight is 290 g/mol. The van der Waals surface area contributed by atoms with Crippen LogP contribution in [0, 0.1) is 12.7 Å². The molecule has 0 unspecified atom stereocenters. The number of ether oxygens (including phenoxy) is 1. The first-order chi connectivity index (χ1) is 10.2. The first-order valence-electron chi connectivity index (χ1n) is 6.81. The monoisotopic (exact) mass is 290 g/mol. The zero-order valence-corrected chi connectivity index (χ0v) is 12.2. The van der Waals surface area contributed by atoms with Crippen LogP contribution in [-0.2, 0) is 13.1 Å². The molecule has 0 spiro atoms. The number of benzene rings is 1. The van der Waals surface area contributed by atoms with Crippen molar-refractivity contribution in [3.8, 4) is 5.88 Å². The molecule has 0 aliphatic rings. The highest BCUT2D eigenvalue weighted by Crippen LogP contribution is 2.21. The van der Waals surface area contributed by atoms with Gasteiger partial charge in [-0.2, -0.15) is 0 Å². The summed E-state index contributed by atoms with van der Waals surface area (Å²) in [7, 11) is 0. The van der Waals surface area contributed by atoms with E-state index in [1.807, 2.05) is 19.9 Å². The lowest BCUT2D eigenvalue weighted by Gasteiger charge is -2.12. The predicted molar refractivity (Wildman–Crippen MR) is 79.6 cm³/mol. The summed E-state index contributed by atoms with van der Waals surface area (Å²) >= 11 is 0. The van der Waals surface area contributed by atoms with Crippen molar-refractivity contribution < 1.29 is 9.13 Å². The minimum absolute atomic E-state index is 0.276. The molecule has 0 bridgehead atoms. The van der Waals surface area contributed by atoms with E-state index in [0.29, 0.717) is 37.0 Å². The van der Waals surface area contributed by atoms with Crippen LogP contribution in [0.2, 0.25) is 0 Å². The molecule has 6 heteroatoms. The van der Waals surface area contributed by atoms with Crippen molar-refractivity contribution in [1.29, 1.82) is 0 Å². The van der Waals surface area contributed by atoms with Crippen LogP contribution in [0.3, 0.4) is 0 Å². The summed E-state index contributed by atoms with van der Waals surface area (Å²) in [5.74, 6) is 0.895. The molecule has 0 saturated carbocycles. The fraction of sp³-hybridized carbons (Fsp3) is 0.333. The van der Waals surface area contributed by atoms with Gasteiger partial charge in [-0.3, -0.25) is 0 Å². The van der Waals surface area contributed by atoms with Crippen molar-refractivity contribution in [2.45, 2.75) is 26.9 Å². The molecule has 0 aliphatic heterocycles. The number of halogens is 1. The highest BCUT2D eigenvalue weighted by atomic mass is 19.1. The molecule has 3 N–H and O–H groups in total. The Morgan fingerprint density at radius 2 is 2.14 bits per heavy atom. The van der Waals surface area contributed by atoms with Gasteiger partial charge in [-0.25, -0.2) is 14.4 Å². The minimum atomic E-state index is -0.276. The van der Waals surface area contributed by atoms with Crippen LogP contribution in [0.25, 0.3) is 0 Å². The third kappa shape index (κ3) is 3.66. The fourth-order valence-electron chi connectivity index (χ4n) is 1.93. The van der Waals surface area contributed by atoms with Crippen molar-refractivity contribution in [2.75, 3.05) is 11.9 Å². The lowest BCUT2D eigenvalue weighted by molar-refractivity contribution is 0.324. The second-order valence-electron chi connectivity index (χ2n) is 4.57. The summed E-state index contributed by atoms with van der Waals surface area (Å²) in [5, 5.41) is 3.10. The fourth-order valence-corrected chi connectivity index (χ4v) is 1.93. The van der Waals surface area contributed by atoms with E-state index in [0.717, 1.165) is 11.1 Å². The molecule has 0 radical (unpaired) electrons. The van der Waals surface area contributed by atoms with E-state index in [9.17, 15) is 4.39 Å². The highest BCUT2D eigenvalue weighted by Gasteiger charge is 2.09. The van der Waals surface area contributed by atoms with Gasteiger partial charge in [-0.1, -0.05) is 12.1 Å². The first kappa shape index (κ1) is 15.2. The van der Waals surface area contributed by atoms with Crippen LogP contribution < -0.4 is 15.8 Å². The van der Waals surface area contributed by atoms with E-state index in [1.54, 1.807) is 6.07 Å². The Kier molecular flexibility index (Phi) is 5.05. The molecule has 1 aromatic carbocycles. The Bertz CT molecular complexity index is 619. The number of hydrogen-bond acceptors (Lipinski definition) is 5. The minimum Gasteiger partial charge on any atom is -0.478 e. The lowest BCUT2D eigenvalue weighted by atomic mass is 10.1. The van der Waals surface area contributed by atoms with Crippen LogP contribution in [0.1, 0.15) is 23.6 Å². The summed E-state index contributed by atoms with van der Waals surface area (Å²) in [6, 6.07) is 5.00. The molecular formula is C15H19FN4O. The van der Waals surface area contributed by atoms with Crippen LogP contribution >= 0.6 is 0 Å². The molecule has 5 nitrogen and oxygen atoms in total. The van der Waals surface area contributed by atoms with Gasteiger partial charge in [0.25, 0.3) is 0 Å². The van der Waals surface area contributed by atoms with Crippen LogP contribution in [0.4, 0.5) is 10.2 Å². The van der Waals surface area contributed by atoms with Gasteiger partial charge in [0.1, 0.15) is 18.0 Å². The molecule has 1 heterocycles. The second-order valence-corrected chi connectivity index (χ2v) is 4.57. The standard InChI is InChI=1S/C15H19FN4O/c1-3-21-15-10(2)14(19-9-20-15)18-8-12-5-4-11(7-17)6-13(12)16/h4-6,9H,3,7-8,17H2,1-2H3,(H,18,19,20). The molecule has 0 atom stereocenters. The van der Waals surface area contributed by atoms with Crippen molar-refractivity contribution in [2.24, 2.45) is 5.73 Å². The van der Waals surface area contributed by atoms with Crippen molar-refractivity contribution in [3.05, 3.63) is 47.0 Å². The van der Waals surface area contributed by atoms with Gasteiger partial charge in [-0.05, 0) is 25.5 Å². The summed E-state index contributed by atoms with van der Waals surface area (Å²) in [4.78, 5) is 8.22. The average Bonchev–Trinajstić information content (AvgIpc) is 2.49. The number of hydrogen-bond donors (Lipinski definition) is 2. The summed E-state index contributed by atoms with van der Waals surface area (Å²) in [5.41, 5.74) is 7.62. The predicted octanol–water partition coefficient (Wildman–Crippen LogP) is 2.39. The Labute approximate surface area is 123 Å². The van der Waals surface area contributed by atoms with Gasteiger partial charge in [0.05, 0.1) is 12.2 Å². The van der Waals surface area contributed by atoms with E-state index < -0.39 is 0 Å². The number of aromatic nitrogens is 2. The lowest BCUT2D eigenvalue weighted by Crippen LogP contribution is -2.08. The van der Waals surface area contributed by atoms with E-state index in [1.165, 1.54) is 12.4 Å². The number of nitrogens with one attached hydrogen (secondary N) is 1. The Balaban J connectivity index is 2.11. The second kappa shape index (κ2) is 6.99. The molecule has 0 aliphatic carbocycles. The van der Waals surface area contributed by atoms with Gasteiger partial charge < -0.3 is 15.8 Å². The van der Waals surface area contributed by atoms with Crippen molar-refractivity contribution >= 4 is 5.82 Å². The van der Waals surface area contributed by atoms with Gasteiger partial charge >= 0.3 is 0 Å². The van der Waals surface area contributed by atoms with Crippen LogP contribution in [0.15, 0.2) is 24.5 Å². The molecule has 1 aromatic heterocycles. The number of anilines is 1. The molecule has 0 amide bonds. The summed E-state index contributed by atoms with van der Waals surface area (Å²) in [6.07, 6.45) is 1.42. The quantitative estimate of drug-likeness (QED) is 0.854. The summed E-state index contributed by atoms with van der Waals surface area (Å²) in [6.45, 7) is 4.95. The van der Waals surface area contributed by atoms with E-state index in [4.69, 9.17) is 10.5 Å². The molecule has 2 rings (SSSR count). The number of nitrogens with two attached hydrogens (primary N) is 1. The Morgan fingerprint density at radius 3 is 2.81 bits per heavy atom. The van der Waals surface area contributed by atoms with Crippen molar-refractivity contribution in [1.82, 2.24) is 9.97 Å².